The number of hydrogen-bond donors (Lipinski definition) is 2. The first-order valence-electron chi connectivity index (χ1n) is 9.34. The van der Waals surface area contributed by atoms with Crippen molar-refractivity contribution in [3.8, 4) is 0 Å². The van der Waals surface area contributed by atoms with Crippen LogP contribution in [-0.2, 0) is 18.9 Å². The normalized spacial score (nSPS) is 30.6. The van der Waals surface area contributed by atoms with Crippen LogP contribution in [0.3, 0.4) is 0 Å². The van der Waals surface area contributed by atoms with Gasteiger partial charge >= 0.3 is 0 Å². The summed E-state index contributed by atoms with van der Waals surface area (Å²) in [6.07, 6.45) is -4.74. The van der Waals surface area contributed by atoms with Crippen LogP contribution in [-0.4, -0.2) is 47.8 Å². The molecule has 2 aliphatic heterocycles. The fraction of sp³-hybridized carbons (Fsp3) is 0.429. The van der Waals surface area contributed by atoms with E-state index < -0.39 is 43.6 Å². The molecule has 2 aromatic rings. The molecule has 6 unspecified atom stereocenters. The summed E-state index contributed by atoms with van der Waals surface area (Å²) in [5.41, 5.74) is 1.85. The van der Waals surface area contributed by atoms with Gasteiger partial charge in [0, 0.05) is 16.1 Å². The van der Waals surface area contributed by atoms with E-state index in [9.17, 15) is 14.6 Å². The molecule has 0 aromatic heterocycles. The van der Waals surface area contributed by atoms with E-state index in [1.807, 2.05) is 0 Å². The van der Waals surface area contributed by atoms with Crippen LogP contribution in [0.4, 0.5) is 4.39 Å². The molecule has 0 spiro atoms. The maximum atomic E-state index is 13.6. The van der Waals surface area contributed by atoms with Gasteiger partial charge in [0.15, 0.2) is 12.6 Å². The second-order valence-electron chi connectivity index (χ2n) is 7.18. The van der Waals surface area contributed by atoms with Crippen LogP contribution in [0.25, 0.3) is 0 Å². The molecule has 0 amide bonds. The lowest BCUT2D eigenvalue weighted by Gasteiger charge is -2.47. The van der Waals surface area contributed by atoms with Gasteiger partial charge in [0.1, 0.15) is 30.2 Å². The number of aliphatic hydroxyl groups excluding tert-OH is 2. The lowest BCUT2D eigenvalue weighted by Crippen LogP contribution is -2.58. The average molecular weight is 425 g/mol. The highest BCUT2D eigenvalue weighted by atomic mass is 35.5. The van der Waals surface area contributed by atoms with E-state index in [1.54, 1.807) is 43.3 Å². The molecule has 2 fully saturated rings. The number of fused-ring (bicyclic) bond motifs is 1. The van der Waals surface area contributed by atoms with Gasteiger partial charge in [0.05, 0.1) is 13.2 Å². The second-order valence-corrected chi connectivity index (χ2v) is 7.62. The van der Waals surface area contributed by atoms with Crippen molar-refractivity contribution in [3.63, 3.8) is 0 Å². The molecular formula is C21H22ClFO6. The topological polar surface area (TPSA) is 77.4 Å². The van der Waals surface area contributed by atoms with Crippen molar-refractivity contribution in [3.05, 3.63) is 70.0 Å². The van der Waals surface area contributed by atoms with Gasteiger partial charge in [-0.15, -0.1) is 0 Å². The van der Waals surface area contributed by atoms with Crippen LogP contribution in [0.5, 0.6) is 0 Å². The molecule has 6 nitrogen and oxygen atoms in total. The molecule has 0 aliphatic carbocycles. The van der Waals surface area contributed by atoms with Crippen LogP contribution in [0.15, 0.2) is 42.5 Å². The zero-order chi connectivity index (χ0) is 20.5. The van der Waals surface area contributed by atoms with E-state index in [4.69, 9.17) is 30.5 Å². The zero-order valence-electron chi connectivity index (χ0n) is 15.7. The van der Waals surface area contributed by atoms with E-state index in [2.05, 4.69) is 0 Å². The number of hydrogen-bond acceptors (Lipinski definition) is 6. The van der Waals surface area contributed by atoms with Crippen molar-refractivity contribution in [1.82, 2.24) is 0 Å². The second kappa shape index (κ2) is 8.65. The predicted octanol–water partition coefficient (Wildman–Crippen LogP) is 3.04. The quantitative estimate of drug-likeness (QED) is 0.785. The monoisotopic (exact) mass is 424 g/mol. The molecule has 2 N–H and O–H groups in total. The van der Waals surface area contributed by atoms with Crippen LogP contribution in [0.1, 0.15) is 29.3 Å². The largest absolute Gasteiger partial charge is 0.394 e. The Labute approximate surface area is 172 Å². The molecule has 0 bridgehead atoms. The van der Waals surface area contributed by atoms with Gasteiger partial charge in [-0.2, -0.15) is 0 Å². The van der Waals surface area contributed by atoms with Crippen molar-refractivity contribution >= 4 is 11.6 Å². The molecule has 0 saturated carbocycles. The molecule has 2 aromatic carbocycles. The van der Waals surface area contributed by atoms with Crippen molar-refractivity contribution in [1.29, 1.82) is 0 Å². The minimum atomic E-state index is -1.17. The van der Waals surface area contributed by atoms with E-state index in [0.29, 0.717) is 16.1 Å². The maximum Gasteiger partial charge on any atom is 0.184 e. The van der Waals surface area contributed by atoms with Gasteiger partial charge in [-0.3, -0.25) is 0 Å². The third-order valence-corrected chi connectivity index (χ3v) is 5.38. The zero-order valence-corrected chi connectivity index (χ0v) is 16.5. The number of benzene rings is 2. The van der Waals surface area contributed by atoms with Crippen molar-refractivity contribution in [2.24, 2.45) is 0 Å². The lowest BCUT2D eigenvalue weighted by molar-refractivity contribution is -0.373. The number of ether oxygens (including phenoxy) is 4. The first-order chi connectivity index (χ1) is 14.0. The summed E-state index contributed by atoms with van der Waals surface area (Å²) >= 11 is 5.94. The third kappa shape index (κ3) is 4.32. The molecule has 8 heteroatoms. The van der Waals surface area contributed by atoms with Gasteiger partial charge < -0.3 is 29.2 Å². The Balaban J connectivity index is 1.56. The Hall–Kier alpha value is -1.58. The highest BCUT2D eigenvalue weighted by Crippen LogP contribution is 2.39. The van der Waals surface area contributed by atoms with E-state index in [-0.39, 0.29) is 12.4 Å². The van der Waals surface area contributed by atoms with Crippen LogP contribution < -0.4 is 0 Å². The number of rotatable bonds is 4. The van der Waals surface area contributed by atoms with E-state index in [0.717, 1.165) is 5.56 Å². The summed E-state index contributed by atoms with van der Waals surface area (Å²) in [6, 6.07) is 11.6. The van der Waals surface area contributed by atoms with Crippen molar-refractivity contribution in [2.45, 2.75) is 43.9 Å². The highest BCUT2D eigenvalue weighted by molar-refractivity contribution is 6.30. The van der Waals surface area contributed by atoms with Crippen LogP contribution >= 0.6 is 11.6 Å². The van der Waals surface area contributed by atoms with Gasteiger partial charge in [-0.05, 0) is 36.8 Å². The fourth-order valence-corrected chi connectivity index (χ4v) is 3.67. The van der Waals surface area contributed by atoms with E-state index >= 15 is 0 Å². The number of aliphatic hydroxyl groups is 2. The summed E-state index contributed by atoms with van der Waals surface area (Å²) in [4.78, 5) is 0. The van der Waals surface area contributed by atoms with E-state index in [1.165, 1.54) is 6.07 Å². The fourth-order valence-electron chi connectivity index (χ4n) is 3.54. The minimum absolute atomic E-state index is 0.188. The molecule has 29 heavy (non-hydrogen) atoms. The first-order valence-corrected chi connectivity index (χ1v) is 9.72. The molecule has 6 atom stereocenters. The van der Waals surface area contributed by atoms with Crippen molar-refractivity contribution < 1.29 is 33.6 Å². The smallest absolute Gasteiger partial charge is 0.184 e. The Morgan fingerprint density at radius 1 is 1.07 bits per heavy atom. The number of aryl methyl sites for hydroxylation is 1. The first kappa shape index (κ1) is 20.7. The molecule has 2 saturated heterocycles. The van der Waals surface area contributed by atoms with Crippen LogP contribution in [0, 0.1) is 12.7 Å². The van der Waals surface area contributed by atoms with Gasteiger partial charge in [0.2, 0.25) is 0 Å². The Bertz CT molecular complexity index is 848. The minimum Gasteiger partial charge on any atom is -0.394 e. The Kier molecular flexibility index (Phi) is 6.17. The third-order valence-electron chi connectivity index (χ3n) is 5.12. The molecule has 2 heterocycles. The van der Waals surface area contributed by atoms with Gasteiger partial charge in [-0.1, -0.05) is 29.8 Å². The standard InChI is InChI=1S/C21H22ClFO6/c1-11-8-13(4-7-15(11)23)20-26-10-17-19(29-20)18(16(25)9-24)28-21(27-17)12-2-5-14(22)6-3-12/h2-8,16-21,24-25H,9-10H2,1H3. The maximum absolute atomic E-state index is 13.6. The molecular weight excluding hydrogens is 403 g/mol. The number of halogens is 2. The average Bonchev–Trinajstić information content (AvgIpc) is 2.74. The van der Waals surface area contributed by atoms with Crippen molar-refractivity contribution in [2.75, 3.05) is 13.2 Å². The van der Waals surface area contributed by atoms with Gasteiger partial charge in [0.25, 0.3) is 0 Å². The van der Waals surface area contributed by atoms with Crippen LogP contribution in [0.2, 0.25) is 5.02 Å². The Morgan fingerprint density at radius 3 is 2.48 bits per heavy atom. The predicted molar refractivity (Wildman–Crippen MR) is 102 cm³/mol. The molecule has 4 rings (SSSR count). The highest BCUT2D eigenvalue weighted by Gasteiger charge is 2.48. The lowest BCUT2D eigenvalue weighted by atomic mass is 9.99. The summed E-state index contributed by atoms with van der Waals surface area (Å²) in [7, 11) is 0. The summed E-state index contributed by atoms with van der Waals surface area (Å²) in [6.45, 7) is 1.35. The molecule has 156 valence electrons. The molecule has 2 aliphatic rings. The van der Waals surface area contributed by atoms with Gasteiger partial charge in [-0.25, -0.2) is 4.39 Å². The summed E-state index contributed by atoms with van der Waals surface area (Å²) < 4.78 is 37.4. The summed E-state index contributed by atoms with van der Waals surface area (Å²) in [5, 5.41) is 20.4. The Morgan fingerprint density at radius 2 is 1.79 bits per heavy atom. The molecule has 0 radical (unpaired) electrons. The SMILES string of the molecule is Cc1cc(C2OCC3OC(c4ccc(Cl)cc4)OC(C(O)CO)C3O2)ccc1F. The summed E-state index contributed by atoms with van der Waals surface area (Å²) in [5.74, 6) is -0.314.